The number of carbonyl (C=O) groups excluding carboxylic acids is 1. The molecule has 4 aromatic rings. The van der Waals surface area contributed by atoms with Crippen molar-refractivity contribution in [3.8, 4) is 11.5 Å². The van der Waals surface area contributed by atoms with Gasteiger partial charge in [-0.1, -0.05) is 60.1 Å². The van der Waals surface area contributed by atoms with E-state index in [0.717, 1.165) is 6.07 Å². The van der Waals surface area contributed by atoms with Crippen molar-refractivity contribution >= 4 is 67.1 Å². The first-order chi connectivity index (χ1) is 18.0. The van der Waals surface area contributed by atoms with Crippen molar-refractivity contribution in [2.24, 2.45) is 10.2 Å². The summed E-state index contributed by atoms with van der Waals surface area (Å²) in [5.74, 6) is -1.05. The molecule has 2 N–H and O–H groups in total. The molecule has 0 saturated heterocycles. The van der Waals surface area contributed by atoms with Crippen molar-refractivity contribution in [2.75, 3.05) is 12.4 Å². The molecule has 0 saturated carbocycles. The van der Waals surface area contributed by atoms with Gasteiger partial charge < -0.3 is 15.2 Å². The Labute approximate surface area is 256 Å². The minimum Gasteiger partial charge on any atom is -0.870 e. The van der Waals surface area contributed by atoms with Crippen molar-refractivity contribution in [1.82, 2.24) is 0 Å². The van der Waals surface area contributed by atoms with Crippen molar-refractivity contribution in [3.05, 3.63) is 81.8 Å². The van der Waals surface area contributed by atoms with Crippen molar-refractivity contribution < 1.29 is 57.2 Å². The number of hydrogen-bond donors (Lipinski definition) is 2. The topological polar surface area (TPSA) is 140 Å². The fraction of sp³-hybridized carbons (Fsp3) is 0.115. The number of rotatable bonds is 7. The van der Waals surface area contributed by atoms with Gasteiger partial charge in [0.15, 0.2) is 0 Å². The number of fused-ring (bicyclic) bond motifs is 1. The average molecular weight is 596 g/mol. The first kappa shape index (κ1) is 30.8. The van der Waals surface area contributed by atoms with Crippen LogP contribution in [0.5, 0.6) is 11.5 Å². The van der Waals surface area contributed by atoms with Gasteiger partial charge in [0.05, 0.1) is 12.8 Å². The number of amides is 1. The van der Waals surface area contributed by atoms with Gasteiger partial charge in [0.25, 0.3) is 16.0 Å². The maximum absolute atomic E-state index is 13.5. The summed E-state index contributed by atoms with van der Waals surface area (Å²) in [5.41, 5.74) is 0.119. The molecule has 196 valence electrons. The molecule has 9 nitrogen and oxygen atoms in total. The molecule has 0 radical (unpaired) electrons. The van der Waals surface area contributed by atoms with E-state index in [1.165, 1.54) is 25.3 Å². The molecule has 0 aliphatic carbocycles. The van der Waals surface area contributed by atoms with Gasteiger partial charge in [0.1, 0.15) is 16.3 Å². The molecule has 0 aromatic heterocycles. The second-order valence-corrected chi connectivity index (χ2v) is 10.4. The van der Waals surface area contributed by atoms with Crippen LogP contribution >= 0.6 is 23.2 Å². The average Bonchev–Trinajstić information content (AvgIpc) is 2.86. The molecule has 0 atom stereocenters. The number of ether oxygens (including phenoxy) is 1. The molecule has 0 aliphatic rings. The van der Waals surface area contributed by atoms with Gasteiger partial charge in [-0.25, -0.2) is 0 Å². The van der Waals surface area contributed by atoms with E-state index in [1.807, 2.05) is 0 Å². The van der Waals surface area contributed by atoms with Crippen LogP contribution in [0.1, 0.15) is 22.8 Å². The van der Waals surface area contributed by atoms with Gasteiger partial charge in [0, 0.05) is 32.7 Å². The van der Waals surface area contributed by atoms with Crippen LogP contribution in [0.2, 0.25) is 10.0 Å². The Morgan fingerprint density at radius 1 is 1.03 bits per heavy atom. The number of anilines is 1. The number of carbonyl (C=O) groups is 1. The SMILES string of the molecule is CCc1cc(Cl)cc(S(=O)(=O)O)c1N=Nc1c([O-])c(C(=O)Nc2cc(Cl)cc(OC)c2)cc2ccccc12.[Na+]. The van der Waals surface area contributed by atoms with E-state index < -0.39 is 26.7 Å². The van der Waals surface area contributed by atoms with E-state index in [0.29, 0.717) is 39.2 Å². The van der Waals surface area contributed by atoms with Crippen molar-refractivity contribution in [3.63, 3.8) is 0 Å². The maximum Gasteiger partial charge on any atom is 1.00 e. The standard InChI is InChI=1S/C26H21Cl2N3O6S.Na/c1-3-14-8-16(27)12-22(38(34,35)36)23(14)30-31-24-20-7-5-4-6-15(20)9-21(25(24)32)26(33)29-18-10-17(28)11-19(13-18)37-2;/h4-13,32H,3H2,1-2H3,(H,29,33)(H,34,35,36);/q;+1/p-1. The van der Waals surface area contributed by atoms with Crippen LogP contribution in [0.4, 0.5) is 17.1 Å². The summed E-state index contributed by atoms with van der Waals surface area (Å²) < 4.78 is 38.9. The summed E-state index contributed by atoms with van der Waals surface area (Å²) in [6, 6.07) is 15.3. The third kappa shape index (κ3) is 6.90. The molecule has 39 heavy (non-hydrogen) atoms. The van der Waals surface area contributed by atoms with Crippen LogP contribution in [0.15, 0.2) is 75.8 Å². The molecule has 0 bridgehead atoms. The number of halogens is 2. The summed E-state index contributed by atoms with van der Waals surface area (Å²) in [6.07, 6.45) is 0.313. The third-order valence-electron chi connectivity index (χ3n) is 5.61. The molecule has 4 rings (SSSR count). The fourth-order valence-corrected chi connectivity index (χ4v) is 5.06. The summed E-state index contributed by atoms with van der Waals surface area (Å²) in [6.45, 7) is 1.74. The summed E-state index contributed by atoms with van der Waals surface area (Å²) >= 11 is 12.1. The molecular formula is C26H20Cl2N3NaO6S. The minimum absolute atomic E-state index is 0. The Morgan fingerprint density at radius 2 is 1.69 bits per heavy atom. The zero-order valence-corrected chi connectivity index (χ0v) is 25.4. The Hall–Kier alpha value is -2.70. The molecule has 0 spiro atoms. The van der Waals surface area contributed by atoms with Crippen LogP contribution < -0.4 is 44.7 Å². The van der Waals surface area contributed by atoms with Crippen LogP contribution in [0, 0.1) is 0 Å². The molecular weight excluding hydrogens is 576 g/mol. The van der Waals surface area contributed by atoms with E-state index >= 15 is 0 Å². The number of hydrogen-bond acceptors (Lipinski definition) is 7. The Kier molecular flexibility index (Phi) is 10.0. The molecule has 0 heterocycles. The summed E-state index contributed by atoms with van der Waals surface area (Å²) in [4.78, 5) is 12.6. The first-order valence-electron chi connectivity index (χ1n) is 11.1. The number of aryl methyl sites for hydroxylation is 1. The van der Waals surface area contributed by atoms with E-state index in [4.69, 9.17) is 27.9 Å². The Balaban J connectivity index is 0.00000420. The molecule has 13 heteroatoms. The zero-order chi connectivity index (χ0) is 27.6. The van der Waals surface area contributed by atoms with E-state index in [-0.39, 0.29) is 51.5 Å². The minimum atomic E-state index is -4.71. The summed E-state index contributed by atoms with van der Waals surface area (Å²) in [5, 5.41) is 25.5. The third-order valence-corrected chi connectivity index (χ3v) is 6.92. The Morgan fingerprint density at radius 3 is 2.36 bits per heavy atom. The molecule has 1 amide bonds. The quantitative estimate of drug-likeness (QED) is 0.189. The van der Waals surface area contributed by atoms with Gasteiger partial charge in [-0.3, -0.25) is 9.35 Å². The first-order valence-corrected chi connectivity index (χ1v) is 13.3. The van der Waals surface area contributed by atoms with E-state index in [9.17, 15) is 22.9 Å². The molecule has 0 aliphatic heterocycles. The second-order valence-electron chi connectivity index (χ2n) is 8.10. The normalized spacial score (nSPS) is 11.4. The zero-order valence-electron chi connectivity index (χ0n) is 21.0. The largest absolute Gasteiger partial charge is 1.00 e. The van der Waals surface area contributed by atoms with E-state index in [2.05, 4.69) is 15.5 Å². The van der Waals surface area contributed by atoms with Crippen LogP contribution in [0.3, 0.4) is 0 Å². The van der Waals surface area contributed by atoms with Crippen LogP contribution in [-0.4, -0.2) is 26.0 Å². The monoisotopic (exact) mass is 595 g/mol. The number of nitrogens with one attached hydrogen (secondary N) is 1. The molecule has 0 fully saturated rings. The van der Waals surface area contributed by atoms with Crippen LogP contribution in [-0.2, 0) is 16.5 Å². The molecule has 4 aromatic carbocycles. The summed E-state index contributed by atoms with van der Waals surface area (Å²) in [7, 11) is -3.26. The fourth-order valence-electron chi connectivity index (χ4n) is 3.84. The van der Waals surface area contributed by atoms with Crippen LogP contribution in [0.25, 0.3) is 10.8 Å². The molecule has 0 unspecified atom stereocenters. The Bertz CT molecular complexity index is 1710. The number of benzene rings is 4. The number of methoxy groups -OCH3 is 1. The predicted octanol–water partition coefficient (Wildman–Crippen LogP) is 3.71. The van der Waals surface area contributed by atoms with Gasteiger partial charge in [0.2, 0.25) is 0 Å². The van der Waals surface area contributed by atoms with Gasteiger partial charge in [-0.2, -0.15) is 13.5 Å². The number of nitrogens with zero attached hydrogens (tertiary/aromatic N) is 2. The number of azo groups is 1. The van der Waals surface area contributed by atoms with Gasteiger partial charge in [-0.05, 0) is 47.7 Å². The van der Waals surface area contributed by atoms with E-state index in [1.54, 1.807) is 43.3 Å². The second kappa shape index (κ2) is 12.6. The predicted molar refractivity (Wildman–Crippen MR) is 144 cm³/mol. The smallest absolute Gasteiger partial charge is 0.870 e. The maximum atomic E-state index is 13.5. The van der Waals surface area contributed by atoms with Gasteiger partial charge in [-0.15, -0.1) is 5.11 Å². The van der Waals surface area contributed by atoms with Crippen molar-refractivity contribution in [1.29, 1.82) is 0 Å². The van der Waals surface area contributed by atoms with Crippen molar-refractivity contribution in [2.45, 2.75) is 18.2 Å². The van der Waals surface area contributed by atoms with Gasteiger partial charge >= 0.3 is 29.6 Å².